The zero-order valence-corrected chi connectivity index (χ0v) is 13.1. The first-order chi connectivity index (χ1) is 12.0. The molecule has 0 fully saturated rings. The van der Waals surface area contributed by atoms with Crippen molar-refractivity contribution in [3.63, 3.8) is 0 Å². The van der Waals surface area contributed by atoms with Gasteiger partial charge in [-0.05, 0) is 25.1 Å². The van der Waals surface area contributed by atoms with E-state index in [0.717, 1.165) is 5.39 Å². The maximum atomic E-state index is 12.2. The smallest absolute Gasteiger partial charge is 0.305 e. The Labute approximate surface area is 141 Å². The number of hydrogen-bond acceptors (Lipinski definition) is 5. The first kappa shape index (κ1) is 16.2. The lowest BCUT2D eigenvalue weighted by molar-refractivity contribution is -0.384. The molecule has 126 valence electrons. The predicted octanol–water partition coefficient (Wildman–Crippen LogP) is 2.72. The number of nitrogens with one attached hydrogen (secondary N) is 2. The van der Waals surface area contributed by atoms with Crippen LogP contribution in [0.1, 0.15) is 26.5 Å². The number of aryl methyl sites for hydroxylation is 1. The highest BCUT2D eigenvalue weighted by atomic mass is 16.6. The maximum Gasteiger partial charge on any atom is 0.305 e. The number of fused-ring (bicyclic) bond motifs is 1. The molecule has 2 aromatic carbocycles. The third-order valence-electron chi connectivity index (χ3n) is 3.68. The van der Waals surface area contributed by atoms with Crippen molar-refractivity contribution in [2.75, 3.05) is 0 Å². The summed E-state index contributed by atoms with van der Waals surface area (Å²) in [5.74, 6) is -1.09. The molecule has 0 saturated carbocycles. The summed E-state index contributed by atoms with van der Waals surface area (Å²) < 4.78 is 5.50. The van der Waals surface area contributed by atoms with Crippen molar-refractivity contribution < 1.29 is 18.9 Å². The van der Waals surface area contributed by atoms with E-state index in [1.165, 1.54) is 24.3 Å². The average molecular weight is 339 g/mol. The van der Waals surface area contributed by atoms with Crippen LogP contribution in [0.3, 0.4) is 0 Å². The van der Waals surface area contributed by atoms with E-state index in [4.69, 9.17) is 4.42 Å². The highest BCUT2D eigenvalue weighted by Gasteiger charge is 2.18. The Morgan fingerprint density at radius 1 is 1.00 bits per heavy atom. The summed E-state index contributed by atoms with van der Waals surface area (Å²) in [7, 11) is 0. The van der Waals surface area contributed by atoms with E-state index >= 15 is 0 Å². The van der Waals surface area contributed by atoms with Crippen LogP contribution in [-0.2, 0) is 0 Å². The Balaban J connectivity index is 1.69. The molecule has 0 aliphatic heterocycles. The topological polar surface area (TPSA) is 114 Å². The van der Waals surface area contributed by atoms with E-state index in [1.54, 1.807) is 19.1 Å². The molecule has 8 nitrogen and oxygen atoms in total. The monoisotopic (exact) mass is 339 g/mol. The molecule has 0 aliphatic carbocycles. The van der Waals surface area contributed by atoms with E-state index in [-0.39, 0.29) is 17.0 Å². The van der Waals surface area contributed by atoms with E-state index in [2.05, 4.69) is 10.9 Å². The lowest BCUT2D eigenvalue weighted by atomic mass is 10.1. The van der Waals surface area contributed by atoms with Crippen molar-refractivity contribution in [2.24, 2.45) is 0 Å². The van der Waals surface area contributed by atoms with Gasteiger partial charge in [0.1, 0.15) is 5.58 Å². The average Bonchev–Trinajstić information content (AvgIpc) is 2.96. The van der Waals surface area contributed by atoms with Crippen LogP contribution in [0.4, 0.5) is 5.69 Å². The molecule has 0 atom stereocenters. The lowest BCUT2D eigenvalue weighted by Gasteiger charge is -2.06. The van der Waals surface area contributed by atoms with Crippen LogP contribution in [0.2, 0.25) is 0 Å². The third-order valence-corrected chi connectivity index (χ3v) is 3.68. The van der Waals surface area contributed by atoms with Gasteiger partial charge in [-0.15, -0.1) is 0 Å². The molecule has 25 heavy (non-hydrogen) atoms. The minimum atomic E-state index is -0.600. The van der Waals surface area contributed by atoms with E-state index in [9.17, 15) is 19.7 Å². The van der Waals surface area contributed by atoms with Gasteiger partial charge in [0.25, 0.3) is 11.6 Å². The largest absolute Gasteiger partial charge is 0.451 e. The molecule has 0 aliphatic rings. The number of hydrazine groups is 1. The molecule has 2 N–H and O–H groups in total. The number of nitro benzene ring substituents is 1. The Bertz CT molecular complexity index is 976. The highest BCUT2D eigenvalue weighted by Crippen LogP contribution is 2.24. The zero-order chi connectivity index (χ0) is 18.0. The number of amides is 2. The second kappa shape index (κ2) is 6.44. The van der Waals surface area contributed by atoms with Crippen LogP contribution >= 0.6 is 0 Å². The molecule has 0 saturated heterocycles. The van der Waals surface area contributed by atoms with E-state index in [1.807, 2.05) is 12.1 Å². The SMILES string of the molecule is Cc1c(C(=O)NNC(=O)c2ccc([N+](=O)[O-])cc2)oc2ccccc12. The maximum absolute atomic E-state index is 12.2. The molecule has 1 aromatic heterocycles. The fraction of sp³-hybridized carbons (Fsp3) is 0.0588. The number of nitro groups is 1. The van der Waals surface area contributed by atoms with Crippen molar-refractivity contribution in [2.45, 2.75) is 6.92 Å². The Kier molecular flexibility index (Phi) is 4.17. The zero-order valence-electron chi connectivity index (χ0n) is 13.1. The van der Waals surface area contributed by atoms with Gasteiger partial charge in [0.05, 0.1) is 4.92 Å². The Hall–Kier alpha value is -3.68. The van der Waals surface area contributed by atoms with Crippen molar-refractivity contribution in [3.05, 3.63) is 75.5 Å². The van der Waals surface area contributed by atoms with Crippen LogP contribution in [0.15, 0.2) is 52.9 Å². The van der Waals surface area contributed by atoms with Crippen LogP contribution in [-0.4, -0.2) is 16.7 Å². The Morgan fingerprint density at radius 3 is 2.28 bits per heavy atom. The molecular formula is C17H13N3O5. The van der Waals surface area contributed by atoms with Crippen LogP contribution in [0.25, 0.3) is 11.0 Å². The van der Waals surface area contributed by atoms with Gasteiger partial charge >= 0.3 is 5.91 Å². The third kappa shape index (κ3) is 3.18. The van der Waals surface area contributed by atoms with Gasteiger partial charge in [0.15, 0.2) is 5.76 Å². The molecule has 8 heteroatoms. The van der Waals surface area contributed by atoms with Crippen LogP contribution < -0.4 is 10.9 Å². The summed E-state index contributed by atoms with van der Waals surface area (Å²) in [6.07, 6.45) is 0. The number of nitrogens with zero attached hydrogens (tertiary/aromatic N) is 1. The standard InChI is InChI=1S/C17H13N3O5/c1-10-13-4-2-3-5-14(13)25-15(10)17(22)19-18-16(21)11-6-8-12(9-7-11)20(23)24/h2-9H,1H3,(H,18,21)(H,19,22). The van der Waals surface area contributed by atoms with Gasteiger partial charge in [-0.25, -0.2) is 0 Å². The lowest BCUT2D eigenvalue weighted by Crippen LogP contribution is -2.41. The van der Waals surface area contributed by atoms with Crippen molar-refractivity contribution in [1.82, 2.24) is 10.9 Å². The minimum Gasteiger partial charge on any atom is -0.451 e. The summed E-state index contributed by atoms with van der Waals surface area (Å²) in [5.41, 5.74) is 5.81. The summed E-state index contributed by atoms with van der Waals surface area (Å²) in [4.78, 5) is 34.2. The van der Waals surface area contributed by atoms with Gasteiger partial charge in [0, 0.05) is 28.6 Å². The number of non-ortho nitro benzene ring substituents is 1. The summed E-state index contributed by atoms with van der Waals surface area (Å²) >= 11 is 0. The fourth-order valence-electron chi connectivity index (χ4n) is 2.37. The second-order valence-corrected chi connectivity index (χ2v) is 5.26. The Morgan fingerprint density at radius 2 is 1.64 bits per heavy atom. The van der Waals surface area contributed by atoms with Gasteiger partial charge in [-0.3, -0.25) is 30.6 Å². The quantitative estimate of drug-likeness (QED) is 0.562. The van der Waals surface area contributed by atoms with Gasteiger partial charge < -0.3 is 4.42 Å². The molecule has 0 unspecified atom stereocenters. The summed E-state index contributed by atoms with van der Waals surface area (Å²) in [6, 6.07) is 12.2. The molecule has 0 spiro atoms. The molecule has 2 amide bonds. The highest BCUT2D eigenvalue weighted by molar-refractivity contribution is 6.01. The van der Waals surface area contributed by atoms with E-state index in [0.29, 0.717) is 11.1 Å². The van der Waals surface area contributed by atoms with Gasteiger partial charge in [-0.2, -0.15) is 0 Å². The first-order valence-electron chi connectivity index (χ1n) is 7.30. The number of para-hydroxylation sites is 1. The van der Waals surface area contributed by atoms with E-state index < -0.39 is 16.7 Å². The fourth-order valence-corrected chi connectivity index (χ4v) is 2.37. The second-order valence-electron chi connectivity index (χ2n) is 5.26. The van der Waals surface area contributed by atoms with Crippen LogP contribution in [0.5, 0.6) is 0 Å². The number of rotatable bonds is 3. The molecular weight excluding hydrogens is 326 g/mol. The molecule has 3 aromatic rings. The normalized spacial score (nSPS) is 10.4. The number of carbonyl (C=O) groups excluding carboxylic acids is 2. The van der Waals surface area contributed by atoms with Crippen molar-refractivity contribution in [3.8, 4) is 0 Å². The number of carbonyl (C=O) groups is 2. The van der Waals surface area contributed by atoms with Gasteiger partial charge in [0.2, 0.25) is 0 Å². The molecule has 0 bridgehead atoms. The predicted molar refractivity (Wildman–Crippen MR) is 89.0 cm³/mol. The first-order valence-corrected chi connectivity index (χ1v) is 7.30. The van der Waals surface area contributed by atoms with Crippen molar-refractivity contribution in [1.29, 1.82) is 0 Å². The van der Waals surface area contributed by atoms with Crippen molar-refractivity contribution >= 4 is 28.5 Å². The molecule has 0 radical (unpaired) electrons. The minimum absolute atomic E-state index is 0.102. The number of benzene rings is 2. The molecule has 1 heterocycles. The summed E-state index contributed by atoms with van der Waals surface area (Å²) in [6.45, 7) is 1.75. The number of hydrogen-bond donors (Lipinski definition) is 2. The van der Waals surface area contributed by atoms with Crippen LogP contribution in [0, 0.1) is 17.0 Å². The van der Waals surface area contributed by atoms with Gasteiger partial charge in [-0.1, -0.05) is 18.2 Å². The molecule has 3 rings (SSSR count). The number of furan rings is 1. The summed E-state index contributed by atoms with van der Waals surface area (Å²) in [5, 5.41) is 11.4.